The predicted octanol–water partition coefficient (Wildman–Crippen LogP) is -1.85. The normalized spacial score (nSPS) is 11.8. The van der Waals surface area contributed by atoms with Gasteiger partial charge in [0.25, 0.3) is 0 Å². The summed E-state index contributed by atoms with van der Waals surface area (Å²) >= 11 is 0. The Bertz CT molecular complexity index is 169. The van der Waals surface area contributed by atoms with Gasteiger partial charge in [0.15, 0.2) is 0 Å². The second kappa shape index (κ2) is 5.36. The molecule has 0 unspecified atom stereocenters. The Morgan fingerprint density at radius 2 is 2.17 bits per heavy atom. The highest BCUT2D eigenvalue weighted by Crippen LogP contribution is 1.88. The first-order chi connectivity index (χ1) is 5.61. The van der Waals surface area contributed by atoms with E-state index < -0.39 is 18.0 Å². The molecule has 0 fully saturated rings. The van der Waals surface area contributed by atoms with Crippen LogP contribution in [0.2, 0.25) is 0 Å². The summed E-state index contributed by atoms with van der Waals surface area (Å²) in [5.41, 5.74) is 4.93. The number of aliphatic hydroxyl groups is 1. The van der Waals surface area contributed by atoms with Crippen molar-refractivity contribution in [1.29, 1.82) is 0 Å². The lowest BCUT2D eigenvalue weighted by molar-refractivity contribution is -0.120. The van der Waals surface area contributed by atoms with Gasteiger partial charge in [-0.05, 0) is 6.42 Å². The van der Waals surface area contributed by atoms with Crippen LogP contribution >= 0.6 is 0 Å². The van der Waals surface area contributed by atoms with Gasteiger partial charge in [0, 0.05) is 13.7 Å². The molecule has 5 N–H and O–H groups in total. The predicted molar refractivity (Wildman–Crippen MR) is 42.3 cm³/mol. The van der Waals surface area contributed by atoms with Gasteiger partial charge in [-0.1, -0.05) is 0 Å². The molecule has 0 aliphatic heterocycles. The summed E-state index contributed by atoms with van der Waals surface area (Å²) in [6.07, 6.45) is 0.128. The van der Waals surface area contributed by atoms with Crippen molar-refractivity contribution in [2.24, 2.45) is 5.73 Å². The average Bonchev–Trinajstić information content (AvgIpc) is 2.03. The van der Waals surface area contributed by atoms with Gasteiger partial charge in [-0.2, -0.15) is 0 Å². The summed E-state index contributed by atoms with van der Waals surface area (Å²) < 4.78 is 0. The summed E-state index contributed by atoms with van der Waals surface area (Å²) in [6, 6.07) is -1.30. The fourth-order valence-electron chi connectivity index (χ4n) is 0.645. The molecule has 0 spiro atoms. The number of carbonyl (C=O) groups is 2. The van der Waals surface area contributed by atoms with Gasteiger partial charge >= 0.3 is 6.03 Å². The maximum Gasteiger partial charge on any atom is 0.315 e. The SMILES string of the molecule is CNC(=O)N[C@H](CCO)C(N)=O. The number of aliphatic hydroxyl groups excluding tert-OH is 1. The number of nitrogens with two attached hydrogens (primary N) is 1. The van der Waals surface area contributed by atoms with Crippen molar-refractivity contribution in [3.05, 3.63) is 0 Å². The topological polar surface area (TPSA) is 104 Å². The largest absolute Gasteiger partial charge is 0.396 e. The molecule has 0 radical (unpaired) electrons. The number of rotatable bonds is 4. The minimum Gasteiger partial charge on any atom is -0.396 e. The molecule has 0 aromatic rings. The molecule has 0 aromatic heterocycles. The number of primary amides is 1. The fraction of sp³-hybridized carbons (Fsp3) is 0.667. The second-order valence-corrected chi connectivity index (χ2v) is 2.19. The molecule has 6 heteroatoms. The maximum absolute atomic E-state index is 10.7. The lowest BCUT2D eigenvalue weighted by Crippen LogP contribution is -2.48. The van der Waals surface area contributed by atoms with E-state index in [9.17, 15) is 9.59 Å². The Morgan fingerprint density at radius 1 is 1.58 bits per heavy atom. The average molecular weight is 175 g/mol. The van der Waals surface area contributed by atoms with Gasteiger partial charge in [-0.15, -0.1) is 0 Å². The molecular formula is C6H13N3O3. The van der Waals surface area contributed by atoms with E-state index in [1.165, 1.54) is 7.05 Å². The molecule has 6 nitrogen and oxygen atoms in total. The van der Waals surface area contributed by atoms with E-state index in [0.29, 0.717) is 0 Å². The molecule has 0 aromatic carbocycles. The smallest absolute Gasteiger partial charge is 0.315 e. The fourth-order valence-corrected chi connectivity index (χ4v) is 0.645. The van der Waals surface area contributed by atoms with Crippen molar-refractivity contribution in [2.75, 3.05) is 13.7 Å². The number of urea groups is 1. The molecule has 0 saturated carbocycles. The van der Waals surface area contributed by atoms with Gasteiger partial charge in [0.05, 0.1) is 0 Å². The number of hydrogen-bond donors (Lipinski definition) is 4. The molecule has 0 saturated heterocycles. The number of amides is 3. The van der Waals surface area contributed by atoms with Crippen LogP contribution in [0.25, 0.3) is 0 Å². The van der Waals surface area contributed by atoms with Crippen LogP contribution in [0.5, 0.6) is 0 Å². The molecular weight excluding hydrogens is 162 g/mol. The van der Waals surface area contributed by atoms with E-state index in [4.69, 9.17) is 10.8 Å². The van der Waals surface area contributed by atoms with E-state index in [0.717, 1.165) is 0 Å². The third-order valence-corrected chi connectivity index (χ3v) is 1.29. The van der Waals surface area contributed by atoms with Crippen molar-refractivity contribution in [1.82, 2.24) is 10.6 Å². The standard InChI is InChI=1S/C6H13N3O3/c1-8-6(12)9-4(2-3-10)5(7)11/h4,10H,2-3H2,1H3,(H2,7,11)(H2,8,9,12)/t4-/m1/s1. The van der Waals surface area contributed by atoms with E-state index in [1.807, 2.05) is 0 Å². The van der Waals surface area contributed by atoms with Gasteiger partial charge in [0.2, 0.25) is 5.91 Å². The van der Waals surface area contributed by atoms with Gasteiger partial charge in [-0.3, -0.25) is 4.79 Å². The Balaban J connectivity index is 3.95. The van der Waals surface area contributed by atoms with E-state index in [-0.39, 0.29) is 13.0 Å². The zero-order valence-corrected chi connectivity index (χ0v) is 6.83. The minimum atomic E-state index is -0.810. The lowest BCUT2D eigenvalue weighted by Gasteiger charge is -2.12. The summed E-state index contributed by atoms with van der Waals surface area (Å²) in [5.74, 6) is -0.660. The molecule has 0 bridgehead atoms. The Kier molecular flexibility index (Phi) is 4.78. The van der Waals surface area contributed by atoms with Crippen LogP contribution in [-0.2, 0) is 4.79 Å². The molecule has 0 aliphatic rings. The van der Waals surface area contributed by atoms with Crippen LogP contribution in [0, 0.1) is 0 Å². The summed E-state index contributed by atoms with van der Waals surface area (Å²) in [4.78, 5) is 21.3. The highest BCUT2D eigenvalue weighted by atomic mass is 16.3. The second-order valence-electron chi connectivity index (χ2n) is 2.19. The first kappa shape index (κ1) is 10.7. The van der Waals surface area contributed by atoms with Gasteiger partial charge < -0.3 is 21.5 Å². The Labute approximate surface area is 70.1 Å². The van der Waals surface area contributed by atoms with Crippen molar-refractivity contribution in [3.63, 3.8) is 0 Å². The number of carbonyl (C=O) groups excluding carboxylic acids is 2. The Hall–Kier alpha value is -1.30. The van der Waals surface area contributed by atoms with Gasteiger partial charge in [-0.25, -0.2) is 4.79 Å². The molecule has 1 atom stereocenters. The Morgan fingerprint density at radius 3 is 2.50 bits per heavy atom. The molecule has 0 heterocycles. The third-order valence-electron chi connectivity index (χ3n) is 1.29. The van der Waals surface area contributed by atoms with Crippen LogP contribution in [0.4, 0.5) is 4.79 Å². The van der Waals surface area contributed by atoms with E-state index in [1.54, 1.807) is 0 Å². The molecule has 0 aliphatic carbocycles. The highest BCUT2D eigenvalue weighted by molar-refractivity contribution is 5.85. The molecule has 3 amide bonds. The quantitative estimate of drug-likeness (QED) is 0.403. The minimum absolute atomic E-state index is 0.128. The summed E-state index contributed by atoms with van der Waals surface area (Å²) in [6.45, 7) is -0.197. The zero-order valence-electron chi connectivity index (χ0n) is 6.83. The van der Waals surface area contributed by atoms with Gasteiger partial charge in [0.1, 0.15) is 6.04 Å². The van der Waals surface area contributed by atoms with Crippen LogP contribution in [0.3, 0.4) is 0 Å². The maximum atomic E-state index is 10.7. The molecule has 70 valence electrons. The van der Waals surface area contributed by atoms with Crippen LogP contribution < -0.4 is 16.4 Å². The highest BCUT2D eigenvalue weighted by Gasteiger charge is 2.15. The summed E-state index contributed by atoms with van der Waals surface area (Å²) in [5, 5.41) is 13.0. The van der Waals surface area contributed by atoms with Crippen molar-refractivity contribution in [3.8, 4) is 0 Å². The van der Waals surface area contributed by atoms with Crippen LogP contribution in [0.1, 0.15) is 6.42 Å². The first-order valence-corrected chi connectivity index (χ1v) is 3.50. The van der Waals surface area contributed by atoms with Crippen LogP contribution in [-0.4, -0.2) is 36.7 Å². The van der Waals surface area contributed by atoms with Crippen LogP contribution in [0.15, 0.2) is 0 Å². The molecule has 12 heavy (non-hydrogen) atoms. The number of nitrogens with one attached hydrogen (secondary N) is 2. The van der Waals surface area contributed by atoms with E-state index >= 15 is 0 Å². The zero-order chi connectivity index (χ0) is 9.56. The van der Waals surface area contributed by atoms with Crippen molar-refractivity contribution in [2.45, 2.75) is 12.5 Å². The van der Waals surface area contributed by atoms with E-state index in [2.05, 4.69) is 10.6 Å². The monoisotopic (exact) mass is 175 g/mol. The van der Waals surface area contributed by atoms with Crippen molar-refractivity contribution < 1.29 is 14.7 Å². The summed E-state index contributed by atoms with van der Waals surface area (Å²) in [7, 11) is 1.42. The van der Waals surface area contributed by atoms with Crippen molar-refractivity contribution >= 4 is 11.9 Å². The third kappa shape index (κ3) is 3.77. The first-order valence-electron chi connectivity index (χ1n) is 3.50. The number of hydrogen-bond acceptors (Lipinski definition) is 3. The molecule has 0 rings (SSSR count). The lowest BCUT2D eigenvalue weighted by atomic mass is 10.2.